The summed E-state index contributed by atoms with van der Waals surface area (Å²) in [7, 11) is 1.58. The van der Waals surface area contributed by atoms with E-state index in [1.165, 1.54) is 5.56 Å². The van der Waals surface area contributed by atoms with Crippen molar-refractivity contribution in [3.05, 3.63) is 58.7 Å². The average Bonchev–Trinajstić information content (AvgIpc) is 2.85. The maximum atomic E-state index is 13.2. The molecule has 182 valence electrons. The topological polar surface area (TPSA) is 84.0 Å². The van der Waals surface area contributed by atoms with Crippen molar-refractivity contribution in [1.29, 1.82) is 0 Å². The summed E-state index contributed by atoms with van der Waals surface area (Å²) in [5.74, 6) is 1.51. The molecule has 2 aliphatic rings. The van der Waals surface area contributed by atoms with Crippen LogP contribution in [-0.2, 0) is 16.2 Å². The van der Waals surface area contributed by atoms with E-state index in [9.17, 15) is 4.79 Å². The zero-order valence-electron chi connectivity index (χ0n) is 19.8. The second-order valence-electron chi connectivity index (χ2n) is 9.34. The number of hydrogen-bond acceptors (Lipinski definition) is 6. The number of rotatable bonds is 7. The summed E-state index contributed by atoms with van der Waals surface area (Å²) in [6.07, 6.45) is 6.41. The van der Waals surface area contributed by atoms with Crippen LogP contribution >= 0.6 is 11.6 Å². The van der Waals surface area contributed by atoms with E-state index in [-0.39, 0.29) is 5.92 Å². The van der Waals surface area contributed by atoms with E-state index in [4.69, 9.17) is 22.2 Å². The first kappa shape index (κ1) is 24.5. The first-order valence-corrected chi connectivity index (χ1v) is 12.5. The minimum absolute atomic E-state index is 0.134. The number of nitrogens with two attached hydrogens (primary N) is 1. The Morgan fingerprint density at radius 2 is 1.82 bits per heavy atom. The summed E-state index contributed by atoms with van der Waals surface area (Å²) in [6.45, 7) is 4.37. The van der Waals surface area contributed by atoms with Gasteiger partial charge in [0, 0.05) is 36.8 Å². The monoisotopic (exact) mass is 483 g/mol. The van der Waals surface area contributed by atoms with Crippen molar-refractivity contribution in [2.45, 2.75) is 38.6 Å². The van der Waals surface area contributed by atoms with Crippen LogP contribution in [0.25, 0.3) is 0 Å². The number of likely N-dealkylation sites (tertiary alicyclic amines) is 2. The van der Waals surface area contributed by atoms with Crippen molar-refractivity contribution < 1.29 is 9.63 Å². The lowest BCUT2D eigenvalue weighted by Gasteiger charge is -2.37. The molecule has 2 aromatic rings. The SMILES string of the molecule is CO/N=C(/CC1CCN(C(=O)C2CCN(Cc3ccnc(N)c3)CC2)CC1)c1ccc(Cl)cc1. The molecule has 1 aromatic heterocycles. The first-order chi connectivity index (χ1) is 16.5. The fraction of sp³-hybridized carbons (Fsp3) is 0.500. The second kappa shape index (κ2) is 11.7. The number of aromatic nitrogens is 1. The van der Waals surface area contributed by atoms with Crippen molar-refractivity contribution in [3.8, 4) is 0 Å². The summed E-state index contributed by atoms with van der Waals surface area (Å²) < 4.78 is 0. The number of halogens is 1. The molecule has 1 amide bonds. The molecule has 7 nitrogen and oxygen atoms in total. The lowest BCUT2D eigenvalue weighted by molar-refractivity contribution is -0.138. The largest absolute Gasteiger partial charge is 0.399 e. The zero-order valence-corrected chi connectivity index (χ0v) is 20.6. The predicted octanol–water partition coefficient (Wildman–Crippen LogP) is 4.21. The molecule has 0 bridgehead atoms. The van der Waals surface area contributed by atoms with Gasteiger partial charge in [-0.2, -0.15) is 0 Å². The molecular formula is C26H34ClN5O2. The number of benzene rings is 1. The number of amides is 1. The summed E-state index contributed by atoms with van der Waals surface area (Å²) >= 11 is 6.03. The van der Waals surface area contributed by atoms with Gasteiger partial charge in [-0.05, 0) is 86.5 Å². The van der Waals surface area contributed by atoms with Gasteiger partial charge in [0.25, 0.3) is 0 Å². The van der Waals surface area contributed by atoms with Gasteiger partial charge in [0.1, 0.15) is 12.9 Å². The van der Waals surface area contributed by atoms with Crippen LogP contribution in [0.5, 0.6) is 0 Å². The third-order valence-electron chi connectivity index (χ3n) is 6.98. The normalized spacial score (nSPS) is 18.8. The van der Waals surface area contributed by atoms with Gasteiger partial charge in [-0.1, -0.05) is 28.9 Å². The fourth-order valence-electron chi connectivity index (χ4n) is 5.04. The van der Waals surface area contributed by atoms with Gasteiger partial charge < -0.3 is 15.5 Å². The Hall–Kier alpha value is -2.64. The van der Waals surface area contributed by atoms with E-state index >= 15 is 0 Å². The molecule has 4 rings (SSSR count). The molecule has 2 N–H and O–H groups in total. The molecular weight excluding hydrogens is 450 g/mol. The maximum Gasteiger partial charge on any atom is 0.225 e. The molecule has 1 aromatic carbocycles. The Labute approximate surface area is 206 Å². The molecule has 3 heterocycles. The van der Waals surface area contributed by atoms with Gasteiger partial charge in [0.15, 0.2) is 0 Å². The third-order valence-corrected chi connectivity index (χ3v) is 7.23. The van der Waals surface area contributed by atoms with E-state index in [1.54, 1.807) is 13.3 Å². The summed E-state index contributed by atoms with van der Waals surface area (Å²) in [5.41, 5.74) is 8.94. The molecule has 0 radical (unpaired) electrons. The number of piperidine rings is 2. The number of anilines is 1. The Bertz CT molecular complexity index is 981. The van der Waals surface area contributed by atoms with Crippen molar-refractivity contribution in [1.82, 2.24) is 14.8 Å². The molecule has 34 heavy (non-hydrogen) atoms. The van der Waals surface area contributed by atoms with Crippen LogP contribution in [0.3, 0.4) is 0 Å². The predicted molar refractivity (Wildman–Crippen MR) is 136 cm³/mol. The van der Waals surface area contributed by atoms with Crippen LogP contribution in [0.15, 0.2) is 47.8 Å². The van der Waals surface area contributed by atoms with Crippen molar-refractivity contribution >= 4 is 29.0 Å². The standard InChI is InChI=1S/C26H34ClN5O2/c1-34-30-24(21-2-4-23(27)5-3-21)16-19-7-14-32(15-8-19)26(33)22-9-12-31(13-10-22)18-20-6-11-29-25(28)17-20/h2-6,11,17,19,22H,7-10,12-16,18H2,1H3,(H2,28,29)/b30-24-. The van der Waals surface area contributed by atoms with Gasteiger partial charge in [-0.25, -0.2) is 4.98 Å². The number of carbonyl (C=O) groups excluding carboxylic acids is 1. The summed E-state index contributed by atoms with van der Waals surface area (Å²) in [6, 6.07) is 11.6. The first-order valence-electron chi connectivity index (χ1n) is 12.1. The van der Waals surface area contributed by atoms with E-state index in [0.717, 1.165) is 76.1 Å². The Balaban J connectivity index is 1.23. The van der Waals surface area contributed by atoms with Gasteiger partial charge in [0.2, 0.25) is 5.91 Å². The number of oxime groups is 1. The highest BCUT2D eigenvalue weighted by molar-refractivity contribution is 6.30. The van der Waals surface area contributed by atoms with E-state index in [2.05, 4.69) is 19.9 Å². The van der Waals surface area contributed by atoms with E-state index < -0.39 is 0 Å². The molecule has 2 fully saturated rings. The molecule has 2 saturated heterocycles. The Morgan fingerprint density at radius 3 is 2.47 bits per heavy atom. The van der Waals surface area contributed by atoms with Crippen molar-refractivity contribution in [2.75, 3.05) is 39.0 Å². The van der Waals surface area contributed by atoms with Crippen LogP contribution in [0.4, 0.5) is 5.82 Å². The number of pyridine rings is 1. The van der Waals surface area contributed by atoms with Crippen LogP contribution in [-0.4, -0.2) is 59.7 Å². The molecule has 2 aliphatic heterocycles. The van der Waals surface area contributed by atoms with Crippen LogP contribution in [0.2, 0.25) is 5.02 Å². The van der Waals surface area contributed by atoms with Gasteiger partial charge in [0.05, 0.1) is 5.71 Å². The van der Waals surface area contributed by atoms with Gasteiger partial charge >= 0.3 is 0 Å². The van der Waals surface area contributed by atoms with E-state index in [0.29, 0.717) is 22.7 Å². The molecule has 8 heteroatoms. The van der Waals surface area contributed by atoms with Crippen LogP contribution in [0, 0.1) is 11.8 Å². The van der Waals surface area contributed by atoms with Crippen molar-refractivity contribution in [3.63, 3.8) is 0 Å². The minimum Gasteiger partial charge on any atom is -0.399 e. The van der Waals surface area contributed by atoms with Gasteiger partial charge in [-0.3, -0.25) is 9.69 Å². The smallest absolute Gasteiger partial charge is 0.225 e. The number of nitrogens with zero attached hydrogens (tertiary/aromatic N) is 4. The highest BCUT2D eigenvalue weighted by atomic mass is 35.5. The molecule has 0 aliphatic carbocycles. The van der Waals surface area contributed by atoms with E-state index in [1.807, 2.05) is 36.4 Å². The highest BCUT2D eigenvalue weighted by Crippen LogP contribution is 2.27. The fourth-order valence-corrected chi connectivity index (χ4v) is 5.16. The zero-order chi connectivity index (χ0) is 23.9. The average molecular weight is 484 g/mol. The lowest BCUT2D eigenvalue weighted by Crippen LogP contribution is -2.45. The quantitative estimate of drug-likeness (QED) is 0.471. The van der Waals surface area contributed by atoms with Gasteiger partial charge in [-0.15, -0.1) is 0 Å². The number of hydrogen-bond donors (Lipinski definition) is 1. The lowest BCUT2D eigenvalue weighted by atomic mass is 9.88. The minimum atomic E-state index is 0.134. The van der Waals surface area contributed by atoms with Crippen molar-refractivity contribution in [2.24, 2.45) is 17.0 Å². The van der Waals surface area contributed by atoms with Crippen LogP contribution in [0.1, 0.15) is 43.2 Å². The Morgan fingerprint density at radius 1 is 1.12 bits per heavy atom. The molecule has 0 unspecified atom stereocenters. The molecule has 0 atom stereocenters. The third kappa shape index (κ3) is 6.48. The number of carbonyl (C=O) groups is 1. The highest BCUT2D eigenvalue weighted by Gasteiger charge is 2.31. The summed E-state index contributed by atoms with van der Waals surface area (Å²) in [4.78, 5) is 26.8. The Kier molecular flexibility index (Phi) is 8.40. The summed E-state index contributed by atoms with van der Waals surface area (Å²) in [5, 5.41) is 4.97. The number of nitrogen functional groups attached to an aromatic ring is 1. The maximum absolute atomic E-state index is 13.2. The molecule has 0 saturated carbocycles. The second-order valence-corrected chi connectivity index (χ2v) is 9.78. The van der Waals surface area contributed by atoms with Crippen LogP contribution < -0.4 is 5.73 Å². The molecule has 0 spiro atoms.